The molecule has 0 aromatic rings. The van der Waals surface area contributed by atoms with Crippen LogP contribution in [0.15, 0.2) is 23.5 Å². The molecular weight excluding hydrogens is 102 g/mol. The number of allylic oxidation sites excluding steroid dienone is 4. The maximum atomic E-state index is 11.8. The molecule has 2 radical (unpaired) electrons. The molecular formula is C6H8BF. The molecule has 0 fully saturated rings. The molecule has 0 atom stereocenters. The van der Waals surface area contributed by atoms with E-state index in [1.165, 1.54) is 19.1 Å². The van der Waals surface area contributed by atoms with E-state index in [-0.39, 0.29) is 5.83 Å². The Bertz CT molecular complexity index is 100. The Labute approximate surface area is 50.5 Å². The minimum Gasteiger partial charge on any atom is -0.212 e. The van der Waals surface area contributed by atoms with Crippen LogP contribution < -0.4 is 0 Å². The fourth-order valence-electron chi connectivity index (χ4n) is 0.246. The molecule has 2 heteroatoms. The van der Waals surface area contributed by atoms with Gasteiger partial charge in [-0.3, -0.25) is 0 Å². The van der Waals surface area contributed by atoms with Crippen LogP contribution in [-0.2, 0) is 0 Å². The van der Waals surface area contributed by atoms with Crippen molar-refractivity contribution in [3.8, 4) is 0 Å². The summed E-state index contributed by atoms with van der Waals surface area (Å²) in [7, 11) is 5.19. The van der Waals surface area contributed by atoms with Crippen molar-refractivity contribution in [1.82, 2.24) is 0 Å². The van der Waals surface area contributed by atoms with Crippen molar-refractivity contribution in [3.05, 3.63) is 23.5 Å². The van der Waals surface area contributed by atoms with E-state index in [0.29, 0.717) is 5.47 Å². The summed E-state index contributed by atoms with van der Waals surface area (Å²) in [6.45, 7) is 3.08. The lowest BCUT2D eigenvalue weighted by molar-refractivity contribution is 0.640. The van der Waals surface area contributed by atoms with Gasteiger partial charge in [0.15, 0.2) is 0 Å². The minimum absolute atomic E-state index is 0.227. The van der Waals surface area contributed by atoms with Gasteiger partial charge in [0.2, 0.25) is 0 Å². The standard InChI is InChI=1S/C6H8BF/c1-5(7)3-4-6(2)8/h3-4H,1-2H3/b5-3+,6-4+. The molecule has 0 saturated heterocycles. The molecule has 0 aliphatic carbocycles. The highest BCUT2D eigenvalue weighted by molar-refractivity contribution is 6.21. The van der Waals surface area contributed by atoms with Crippen LogP contribution in [-0.4, -0.2) is 7.85 Å². The molecule has 0 N–H and O–H groups in total. The molecule has 0 heterocycles. The van der Waals surface area contributed by atoms with Gasteiger partial charge in [-0.1, -0.05) is 13.0 Å². The van der Waals surface area contributed by atoms with Crippen LogP contribution >= 0.6 is 0 Å². The zero-order chi connectivity index (χ0) is 6.57. The van der Waals surface area contributed by atoms with Crippen LogP contribution in [0.4, 0.5) is 4.39 Å². The number of hydrogen-bond donors (Lipinski definition) is 0. The van der Waals surface area contributed by atoms with Crippen LogP contribution in [0.25, 0.3) is 0 Å². The second-order valence-corrected chi connectivity index (χ2v) is 1.66. The molecule has 0 unspecified atom stereocenters. The molecule has 0 aromatic heterocycles. The summed E-state index contributed by atoms with van der Waals surface area (Å²) >= 11 is 0. The van der Waals surface area contributed by atoms with E-state index in [2.05, 4.69) is 0 Å². The largest absolute Gasteiger partial charge is 0.212 e. The lowest BCUT2D eigenvalue weighted by atomic mass is 9.98. The summed E-state index contributed by atoms with van der Waals surface area (Å²) in [6, 6.07) is 0. The number of rotatable bonds is 1. The van der Waals surface area contributed by atoms with Crippen molar-refractivity contribution in [2.24, 2.45) is 0 Å². The highest BCUT2D eigenvalue weighted by atomic mass is 19.1. The Hall–Kier alpha value is -0.525. The summed E-state index contributed by atoms with van der Waals surface area (Å²) in [4.78, 5) is 0. The second-order valence-electron chi connectivity index (χ2n) is 1.66. The van der Waals surface area contributed by atoms with Gasteiger partial charge in [0.25, 0.3) is 0 Å². The lowest BCUT2D eigenvalue weighted by Crippen LogP contribution is -1.67. The number of hydrogen-bond acceptors (Lipinski definition) is 0. The topological polar surface area (TPSA) is 0 Å². The van der Waals surface area contributed by atoms with Crippen LogP contribution in [0, 0.1) is 0 Å². The van der Waals surface area contributed by atoms with Gasteiger partial charge in [-0.15, -0.1) is 5.47 Å². The molecule has 0 aliphatic heterocycles. The van der Waals surface area contributed by atoms with Gasteiger partial charge in [-0.2, -0.15) is 0 Å². The Morgan fingerprint density at radius 3 is 2.00 bits per heavy atom. The Morgan fingerprint density at radius 2 is 1.88 bits per heavy atom. The maximum Gasteiger partial charge on any atom is 0.107 e. The molecule has 0 rings (SSSR count). The van der Waals surface area contributed by atoms with Crippen LogP contribution in [0.2, 0.25) is 0 Å². The van der Waals surface area contributed by atoms with E-state index >= 15 is 0 Å². The highest BCUT2D eigenvalue weighted by Crippen LogP contribution is 1.94. The van der Waals surface area contributed by atoms with Crippen molar-refractivity contribution in [1.29, 1.82) is 0 Å². The molecule has 42 valence electrons. The van der Waals surface area contributed by atoms with Crippen molar-refractivity contribution in [2.75, 3.05) is 0 Å². The fourth-order valence-corrected chi connectivity index (χ4v) is 0.246. The van der Waals surface area contributed by atoms with E-state index < -0.39 is 0 Å². The molecule has 0 bridgehead atoms. The lowest BCUT2D eigenvalue weighted by Gasteiger charge is -1.81. The second kappa shape index (κ2) is 3.47. The van der Waals surface area contributed by atoms with Crippen LogP contribution in [0.5, 0.6) is 0 Å². The Balaban J connectivity index is 3.76. The van der Waals surface area contributed by atoms with E-state index in [1.54, 1.807) is 6.92 Å². The zero-order valence-electron chi connectivity index (χ0n) is 5.11. The van der Waals surface area contributed by atoms with Crippen LogP contribution in [0.3, 0.4) is 0 Å². The Morgan fingerprint density at radius 1 is 1.38 bits per heavy atom. The molecule has 8 heavy (non-hydrogen) atoms. The van der Waals surface area contributed by atoms with E-state index in [9.17, 15) is 4.39 Å². The van der Waals surface area contributed by atoms with Gasteiger partial charge in [-0.25, -0.2) is 4.39 Å². The molecule has 0 saturated carbocycles. The average Bonchev–Trinajstić information content (AvgIpc) is 1.61. The van der Waals surface area contributed by atoms with Gasteiger partial charge >= 0.3 is 0 Å². The van der Waals surface area contributed by atoms with Crippen molar-refractivity contribution < 1.29 is 4.39 Å². The molecule has 0 nitrogen and oxygen atoms in total. The summed E-state index contributed by atoms with van der Waals surface area (Å²) in [5.41, 5.74) is 0.613. The van der Waals surface area contributed by atoms with Crippen molar-refractivity contribution in [3.63, 3.8) is 0 Å². The molecule has 0 aliphatic rings. The average molecular weight is 110 g/mol. The highest BCUT2D eigenvalue weighted by Gasteiger charge is 1.75. The van der Waals surface area contributed by atoms with E-state index in [1.807, 2.05) is 0 Å². The van der Waals surface area contributed by atoms with Gasteiger partial charge in [0.05, 0.1) is 5.83 Å². The third-order valence-electron chi connectivity index (χ3n) is 0.576. The monoisotopic (exact) mass is 110 g/mol. The molecule has 0 aromatic carbocycles. The SMILES string of the molecule is [B]/C(C)=C/C=C(\C)F. The first-order valence-electron chi connectivity index (χ1n) is 2.39. The first-order chi connectivity index (χ1) is 3.63. The fraction of sp³-hybridized carbons (Fsp3) is 0.333. The van der Waals surface area contributed by atoms with Gasteiger partial charge in [0.1, 0.15) is 7.85 Å². The van der Waals surface area contributed by atoms with Gasteiger partial charge in [-0.05, 0) is 13.0 Å². The summed E-state index contributed by atoms with van der Waals surface area (Å²) in [5, 5.41) is 0. The van der Waals surface area contributed by atoms with Crippen molar-refractivity contribution >= 4 is 7.85 Å². The van der Waals surface area contributed by atoms with E-state index in [0.717, 1.165) is 0 Å². The Kier molecular flexibility index (Phi) is 3.25. The normalized spacial score (nSPS) is 14.4. The van der Waals surface area contributed by atoms with Gasteiger partial charge < -0.3 is 0 Å². The van der Waals surface area contributed by atoms with Crippen LogP contribution in [0.1, 0.15) is 13.8 Å². The van der Waals surface area contributed by atoms with Gasteiger partial charge in [0, 0.05) is 0 Å². The minimum atomic E-state index is -0.227. The summed E-state index contributed by atoms with van der Waals surface area (Å²) in [6.07, 6.45) is 2.85. The number of halogens is 1. The quantitative estimate of drug-likeness (QED) is 0.357. The smallest absolute Gasteiger partial charge is 0.107 e. The summed E-state index contributed by atoms with van der Waals surface area (Å²) in [5.74, 6) is -0.227. The zero-order valence-corrected chi connectivity index (χ0v) is 5.11. The first kappa shape index (κ1) is 7.47. The predicted octanol–water partition coefficient (Wildman–Crippen LogP) is 1.93. The van der Waals surface area contributed by atoms with Crippen molar-refractivity contribution in [2.45, 2.75) is 13.8 Å². The summed E-state index contributed by atoms with van der Waals surface area (Å²) < 4.78 is 11.8. The first-order valence-corrected chi connectivity index (χ1v) is 2.39. The molecule has 0 spiro atoms. The third kappa shape index (κ3) is 5.47. The van der Waals surface area contributed by atoms with E-state index in [4.69, 9.17) is 7.85 Å². The predicted molar refractivity (Wildman–Crippen MR) is 34.4 cm³/mol. The molecule has 0 amide bonds. The third-order valence-corrected chi connectivity index (χ3v) is 0.576. The maximum absolute atomic E-state index is 11.8.